The number of carbonyl (C=O) groups excluding carboxylic acids is 2. The predicted molar refractivity (Wildman–Crippen MR) is 123 cm³/mol. The molecule has 2 aromatic rings. The molecule has 164 valence electrons. The summed E-state index contributed by atoms with van der Waals surface area (Å²) in [5.41, 5.74) is 1.58. The Bertz CT molecular complexity index is 994. The molecule has 31 heavy (non-hydrogen) atoms. The minimum absolute atomic E-state index is 0.0393. The lowest BCUT2D eigenvalue weighted by atomic mass is 10.1. The topological polar surface area (TPSA) is 84.9 Å². The second-order valence-corrected chi connectivity index (χ2v) is 8.59. The molecular formula is C22H21Cl2NO5S. The maximum Gasteiger partial charge on any atom is 0.290 e. The zero-order valence-corrected chi connectivity index (χ0v) is 19.0. The first-order valence-electron chi connectivity index (χ1n) is 9.62. The molecule has 0 unspecified atom stereocenters. The largest absolute Gasteiger partial charge is 0.491 e. The molecule has 2 N–H and O–H groups in total. The van der Waals surface area contributed by atoms with E-state index in [9.17, 15) is 14.7 Å². The van der Waals surface area contributed by atoms with E-state index >= 15 is 0 Å². The summed E-state index contributed by atoms with van der Waals surface area (Å²) in [4.78, 5) is 23.1. The van der Waals surface area contributed by atoms with E-state index in [1.807, 2.05) is 6.92 Å². The second kappa shape index (κ2) is 10.9. The van der Waals surface area contributed by atoms with Crippen LogP contribution in [0, 0.1) is 0 Å². The van der Waals surface area contributed by atoms with E-state index < -0.39 is 12.0 Å². The summed E-state index contributed by atoms with van der Waals surface area (Å²) in [6.07, 6.45) is 2.38. The maximum atomic E-state index is 11.6. The average molecular weight is 482 g/mol. The number of halogens is 2. The summed E-state index contributed by atoms with van der Waals surface area (Å²) in [6.45, 7) is 2.11. The van der Waals surface area contributed by atoms with Crippen molar-refractivity contribution >= 4 is 52.2 Å². The lowest BCUT2D eigenvalue weighted by Gasteiger charge is -2.17. The minimum atomic E-state index is -0.852. The number of benzene rings is 2. The second-order valence-electron chi connectivity index (χ2n) is 6.79. The van der Waals surface area contributed by atoms with Gasteiger partial charge in [0.25, 0.3) is 11.1 Å². The number of carbonyl (C=O) groups is 2. The number of nitrogens with one attached hydrogen (secondary N) is 1. The van der Waals surface area contributed by atoms with Gasteiger partial charge in [-0.2, -0.15) is 0 Å². The van der Waals surface area contributed by atoms with E-state index in [1.54, 1.807) is 42.5 Å². The van der Waals surface area contributed by atoms with Crippen molar-refractivity contribution in [2.24, 2.45) is 0 Å². The van der Waals surface area contributed by atoms with Crippen molar-refractivity contribution in [3.63, 3.8) is 0 Å². The molecule has 1 saturated heterocycles. The SMILES string of the molecule is CCCc1c(OC[C@H](O)COc2ccc(C=C3SC(=O)NC3=O)cc2)ccc(Cl)c1Cl. The molecule has 2 amide bonds. The lowest BCUT2D eigenvalue weighted by Crippen LogP contribution is -2.25. The van der Waals surface area contributed by atoms with Crippen LogP contribution >= 0.6 is 35.0 Å². The minimum Gasteiger partial charge on any atom is -0.491 e. The van der Waals surface area contributed by atoms with Gasteiger partial charge in [-0.05, 0) is 54.1 Å². The maximum absolute atomic E-state index is 11.6. The van der Waals surface area contributed by atoms with Crippen LogP contribution in [0.3, 0.4) is 0 Å². The van der Waals surface area contributed by atoms with Crippen molar-refractivity contribution in [1.29, 1.82) is 0 Å². The van der Waals surface area contributed by atoms with Gasteiger partial charge in [0, 0.05) is 5.56 Å². The quantitative estimate of drug-likeness (QED) is 0.485. The van der Waals surface area contributed by atoms with Gasteiger partial charge in [-0.1, -0.05) is 48.7 Å². The third-order valence-electron chi connectivity index (χ3n) is 4.35. The highest BCUT2D eigenvalue weighted by Gasteiger charge is 2.24. The Kier molecular flexibility index (Phi) is 8.26. The Morgan fingerprint density at radius 3 is 2.45 bits per heavy atom. The Morgan fingerprint density at radius 1 is 1.10 bits per heavy atom. The molecule has 0 aliphatic carbocycles. The molecule has 0 radical (unpaired) electrons. The van der Waals surface area contributed by atoms with Crippen LogP contribution in [0.2, 0.25) is 10.0 Å². The smallest absolute Gasteiger partial charge is 0.290 e. The van der Waals surface area contributed by atoms with E-state index in [1.165, 1.54) is 0 Å². The fourth-order valence-electron chi connectivity index (χ4n) is 2.85. The molecule has 2 aromatic carbocycles. The van der Waals surface area contributed by atoms with Crippen molar-refractivity contribution < 1.29 is 24.2 Å². The molecule has 9 heteroatoms. The van der Waals surface area contributed by atoms with E-state index in [0.29, 0.717) is 26.4 Å². The van der Waals surface area contributed by atoms with E-state index in [0.717, 1.165) is 35.7 Å². The van der Waals surface area contributed by atoms with Crippen molar-refractivity contribution in [3.05, 3.63) is 62.5 Å². The molecule has 1 atom stereocenters. The van der Waals surface area contributed by atoms with Gasteiger partial charge >= 0.3 is 0 Å². The van der Waals surface area contributed by atoms with Crippen LogP contribution in [-0.4, -0.2) is 35.6 Å². The summed E-state index contributed by atoms with van der Waals surface area (Å²) in [7, 11) is 0. The van der Waals surface area contributed by atoms with Crippen molar-refractivity contribution in [2.45, 2.75) is 25.9 Å². The van der Waals surface area contributed by atoms with Gasteiger partial charge in [0.2, 0.25) is 0 Å². The van der Waals surface area contributed by atoms with Crippen molar-refractivity contribution in [2.75, 3.05) is 13.2 Å². The Hall–Kier alpha value is -2.19. The number of amides is 2. The highest BCUT2D eigenvalue weighted by molar-refractivity contribution is 8.18. The van der Waals surface area contributed by atoms with Gasteiger partial charge < -0.3 is 14.6 Å². The van der Waals surface area contributed by atoms with E-state index in [4.69, 9.17) is 32.7 Å². The average Bonchev–Trinajstić information content (AvgIpc) is 3.07. The molecule has 1 aliphatic rings. The van der Waals surface area contributed by atoms with Crippen LogP contribution in [0.4, 0.5) is 4.79 Å². The molecule has 1 aliphatic heterocycles. The zero-order valence-electron chi connectivity index (χ0n) is 16.7. The lowest BCUT2D eigenvalue weighted by molar-refractivity contribution is -0.115. The normalized spacial score (nSPS) is 15.8. The third kappa shape index (κ3) is 6.40. The van der Waals surface area contributed by atoms with Gasteiger partial charge in [-0.3, -0.25) is 14.9 Å². The number of hydrogen-bond donors (Lipinski definition) is 2. The predicted octanol–water partition coefficient (Wildman–Crippen LogP) is 5.09. The zero-order chi connectivity index (χ0) is 22.4. The fraction of sp³-hybridized carbons (Fsp3) is 0.273. The van der Waals surface area contributed by atoms with Crippen LogP contribution in [0.25, 0.3) is 6.08 Å². The summed E-state index contributed by atoms with van der Waals surface area (Å²) in [6, 6.07) is 10.4. The standard InChI is InChI=1S/C22H21Cl2NO5S/c1-2-3-16-18(9-8-17(23)20(16)24)30-12-14(26)11-29-15-6-4-13(5-7-15)10-19-21(27)25-22(28)31-19/h4-10,14,26H,2-3,11-12H2,1H3,(H,25,27,28)/t14-/m1/s1. The molecule has 0 saturated carbocycles. The van der Waals surface area contributed by atoms with Crippen LogP contribution in [0.5, 0.6) is 11.5 Å². The van der Waals surface area contributed by atoms with Crippen LogP contribution < -0.4 is 14.8 Å². The van der Waals surface area contributed by atoms with Crippen LogP contribution in [0.1, 0.15) is 24.5 Å². The molecule has 6 nitrogen and oxygen atoms in total. The number of rotatable bonds is 9. The van der Waals surface area contributed by atoms with Gasteiger partial charge in [-0.25, -0.2) is 0 Å². The summed E-state index contributed by atoms with van der Waals surface area (Å²) in [5, 5.41) is 13.0. The molecule has 1 fully saturated rings. The summed E-state index contributed by atoms with van der Waals surface area (Å²) < 4.78 is 11.3. The highest BCUT2D eigenvalue weighted by atomic mass is 35.5. The monoisotopic (exact) mass is 481 g/mol. The highest BCUT2D eigenvalue weighted by Crippen LogP contribution is 2.34. The molecule has 3 rings (SSSR count). The molecular weight excluding hydrogens is 461 g/mol. The number of thioether (sulfide) groups is 1. The molecule has 0 spiro atoms. The number of aliphatic hydroxyl groups is 1. The number of hydrogen-bond acceptors (Lipinski definition) is 6. The Morgan fingerprint density at radius 2 is 1.81 bits per heavy atom. The number of aliphatic hydroxyl groups excluding tert-OH is 1. The van der Waals surface area contributed by atoms with Crippen molar-refractivity contribution in [1.82, 2.24) is 5.32 Å². The number of ether oxygens (including phenoxy) is 2. The van der Waals surface area contributed by atoms with Crippen LogP contribution in [0.15, 0.2) is 41.3 Å². The summed E-state index contributed by atoms with van der Waals surface area (Å²) >= 11 is 13.2. The van der Waals surface area contributed by atoms with Crippen molar-refractivity contribution in [3.8, 4) is 11.5 Å². The van der Waals surface area contributed by atoms with E-state index in [2.05, 4.69) is 5.32 Å². The first-order chi connectivity index (χ1) is 14.9. The van der Waals surface area contributed by atoms with Gasteiger partial charge in [0.15, 0.2) is 0 Å². The molecule has 0 bridgehead atoms. The summed E-state index contributed by atoms with van der Waals surface area (Å²) in [5.74, 6) is 0.754. The van der Waals surface area contributed by atoms with Gasteiger partial charge in [0.05, 0.1) is 15.0 Å². The van der Waals surface area contributed by atoms with E-state index in [-0.39, 0.29) is 18.5 Å². The van der Waals surface area contributed by atoms with Crippen LogP contribution in [-0.2, 0) is 11.2 Å². The molecule has 0 aromatic heterocycles. The first kappa shape index (κ1) is 23.5. The molecule has 1 heterocycles. The Balaban J connectivity index is 1.52. The third-order valence-corrected chi connectivity index (χ3v) is 6.00. The van der Waals surface area contributed by atoms with Gasteiger partial charge in [-0.15, -0.1) is 0 Å². The Labute approximate surface area is 194 Å². The first-order valence-corrected chi connectivity index (χ1v) is 11.2. The van der Waals surface area contributed by atoms with Gasteiger partial charge in [0.1, 0.15) is 30.8 Å². The fourth-order valence-corrected chi connectivity index (χ4v) is 3.96. The number of imide groups is 1.